The van der Waals surface area contributed by atoms with Crippen molar-refractivity contribution in [2.24, 2.45) is 0 Å². The zero-order valence-electron chi connectivity index (χ0n) is 22.8. The van der Waals surface area contributed by atoms with Crippen molar-refractivity contribution in [1.29, 1.82) is 0 Å². The Bertz CT molecular complexity index is 1650. The van der Waals surface area contributed by atoms with E-state index in [2.05, 4.69) is 10.6 Å². The normalized spacial score (nSPS) is 12.6. The first-order valence-corrected chi connectivity index (χ1v) is 14.4. The molecule has 4 aromatic rings. The van der Waals surface area contributed by atoms with Crippen molar-refractivity contribution in [3.63, 3.8) is 0 Å². The summed E-state index contributed by atoms with van der Waals surface area (Å²) in [5.74, 6) is -2.58. The molecule has 214 valence electrons. The quantitative estimate of drug-likeness (QED) is 0.186. The fraction of sp³-hybridized carbons (Fsp3) is 0.188. The molecule has 2 amide bonds. The first-order valence-electron chi connectivity index (χ1n) is 13.2. The van der Waals surface area contributed by atoms with Crippen molar-refractivity contribution in [1.82, 2.24) is 5.32 Å². The van der Waals surface area contributed by atoms with Crippen LogP contribution in [-0.2, 0) is 14.3 Å². The van der Waals surface area contributed by atoms with E-state index in [1.807, 2.05) is 55.5 Å². The van der Waals surface area contributed by atoms with E-state index in [-0.39, 0.29) is 23.3 Å². The van der Waals surface area contributed by atoms with E-state index in [4.69, 9.17) is 16.3 Å². The topological polar surface area (TPSA) is 122 Å². The second kappa shape index (κ2) is 12.2. The molecule has 0 saturated heterocycles. The summed E-state index contributed by atoms with van der Waals surface area (Å²) in [5.41, 5.74) is 5.54. The number of aryl methyl sites for hydroxylation is 1. The largest absolute Gasteiger partial charge is 0.481 e. The number of ether oxygens (including phenoxy) is 1. The number of halogens is 1. The number of ketones is 1. The summed E-state index contributed by atoms with van der Waals surface area (Å²) in [6, 6.07) is 20.7. The molecule has 1 aliphatic rings. The van der Waals surface area contributed by atoms with Gasteiger partial charge in [-0.1, -0.05) is 60.1 Å². The van der Waals surface area contributed by atoms with Gasteiger partial charge in [0.05, 0.1) is 12.0 Å². The molecule has 1 heterocycles. The van der Waals surface area contributed by atoms with Crippen LogP contribution in [0.4, 0.5) is 9.80 Å². The van der Waals surface area contributed by atoms with Gasteiger partial charge in [0.15, 0.2) is 5.78 Å². The molecule has 42 heavy (non-hydrogen) atoms. The molecule has 0 saturated carbocycles. The molecular formula is C32H27ClN2O6S. The molecule has 0 bridgehead atoms. The highest BCUT2D eigenvalue weighted by molar-refractivity contribution is 7.16. The Hall–Kier alpha value is -4.47. The van der Waals surface area contributed by atoms with Crippen LogP contribution >= 0.6 is 22.9 Å². The van der Waals surface area contributed by atoms with E-state index in [9.17, 15) is 24.3 Å². The average Bonchev–Trinajstić information content (AvgIpc) is 3.44. The third-order valence-corrected chi connectivity index (χ3v) is 8.66. The third kappa shape index (κ3) is 5.93. The predicted molar refractivity (Wildman–Crippen MR) is 162 cm³/mol. The molecule has 1 aromatic heterocycles. The summed E-state index contributed by atoms with van der Waals surface area (Å²) in [4.78, 5) is 51.9. The van der Waals surface area contributed by atoms with Crippen LogP contribution in [0.25, 0.3) is 11.1 Å². The van der Waals surface area contributed by atoms with Gasteiger partial charge in [-0.25, -0.2) is 4.79 Å². The third-order valence-electron chi connectivity index (χ3n) is 7.29. The molecule has 0 radical (unpaired) electrons. The van der Waals surface area contributed by atoms with Crippen LogP contribution in [0, 0.1) is 13.8 Å². The van der Waals surface area contributed by atoms with E-state index >= 15 is 0 Å². The van der Waals surface area contributed by atoms with E-state index in [1.165, 1.54) is 11.3 Å². The summed E-state index contributed by atoms with van der Waals surface area (Å²) in [6.07, 6.45) is -1.60. The minimum atomic E-state index is -1.45. The summed E-state index contributed by atoms with van der Waals surface area (Å²) in [6.45, 7) is 3.59. The van der Waals surface area contributed by atoms with Crippen molar-refractivity contribution in [2.45, 2.75) is 32.2 Å². The number of amides is 2. The molecule has 1 aliphatic carbocycles. The highest BCUT2D eigenvalue weighted by Gasteiger charge is 2.31. The fourth-order valence-electron chi connectivity index (χ4n) is 5.10. The number of thiophene rings is 1. The Morgan fingerprint density at radius 3 is 2.12 bits per heavy atom. The van der Waals surface area contributed by atoms with Crippen molar-refractivity contribution in [3.8, 4) is 11.1 Å². The lowest BCUT2D eigenvalue weighted by Crippen LogP contribution is -2.45. The Morgan fingerprint density at radius 2 is 1.52 bits per heavy atom. The maximum atomic E-state index is 13.3. The Kier molecular flexibility index (Phi) is 8.42. The monoisotopic (exact) mass is 602 g/mol. The first-order chi connectivity index (χ1) is 20.1. The van der Waals surface area contributed by atoms with Crippen LogP contribution in [0.5, 0.6) is 0 Å². The van der Waals surface area contributed by atoms with Gasteiger partial charge >= 0.3 is 12.1 Å². The Balaban J connectivity index is 1.30. The van der Waals surface area contributed by atoms with Crippen LogP contribution in [0.2, 0.25) is 5.02 Å². The predicted octanol–water partition coefficient (Wildman–Crippen LogP) is 6.57. The number of anilines is 1. The molecule has 5 rings (SSSR count). The van der Waals surface area contributed by atoms with Gasteiger partial charge in [0, 0.05) is 21.4 Å². The van der Waals surface area contributed by atoms with Gasteiger partial charge < -0.3 is 20.5 Å². The molecule has 0 fully saturated rings. The molecule has 1 atom stereocenters. The number of hydrogen-bond acceptors (Lipinski definition) is 6. The van der Waals surface area contributed by atoms with E-state index in [1.54, 1.807) is 31.2 Å². The van der Waals surface area contributed by atoms with Gasteiger partial charge in [-0.3, -0.25) is 14.4 Å². The maximum absolute atomic E-state index is 13.3. The highest BCUT2D eigenvalue weighted by atomic mass is 35.5. The summed E-state index contributed by atoms with van der Waals surface area (Å²) in [7, 11) is 0. The van der Waals surface area contributed by atoms with Crippen LogP contribution in [0.1, 0.15) is 49.8 Å². The molecule has 0 spiro atoms. The highest BCUT2D eigenvalue weighted by Crippen LogP contribution is 2.44. The van der Waals surface area contributed by atoms with Crippen molar-refractivity contribution in [3.05, 3.63) is 111 Å². The van der Waals surface area contributed by atoms with Gasteiger partial charge in [0.25, 0.3) is 0 Å². The van der Waals surface area contributed by atoms with Gasteiger partial charge in [0.2, 0.25) is 5.91 Å². The van der Waals surface area contributed by atoms with E-state index in [0.717, 1.165) is 27.1 Å². The van der Waals surface area contributed by atoms with Gasteiger partial charge in [-0.15, -0.1) is 11.3 Å². The molecule has 0 unspecified atom stereocenters. The van der Waals surface area contributed by atoms with Gasteiger partial charge in [-0.05, 0) is 65.9 Å². The number of hydrogen-bond donors (Lipinski definition) is 3. The van der Waals surface area contributed by atoms with Crippen molar-refractivity contribution >= 4 is 51.7 Å². The lowest BCUT2D eigenvalue weighted by Gasteiger charge is -2.19. The number of aliphatic carboxylic acids is 1. The Morgan fingerprint density at radius 1 is 0.929 bits per heavy atom. The minimum absolute atomic E-state index is 0.00429. The second-order valence-electron chi connectivity index (χ2n) is 9.93. The lowest BCUT2D eigenvalue weighted by atomic mass is 9.98. The van der Waals surface area contributed by atoms with Crippen LogP contribution in [0.15, 0.2) is 72.8 Å². The molecule has 3 N–H and O–H groups in total. The zero-order valence-corrected chi connectivity index (χ0v) is 24.3. The van der Waals surface area contributed by atoms with Crippen LogP contribution < -0.4 is 10.6 Å². The molecule has 3 aromatic carbocycles. The smallest absolute Gasteiger partial charge is 0.407 e. The first kappa shape index (κ1) is 29.0. The number of nitrogens with one attached hydrogen (secondary N) is 2. The molecule has 10 heteroatoms. The fourth-order valence-corrected chi connectivity index (χ4v) is 6.29. The second-order valence-corrected chi connectivity index (χ2v) is 11.6. The number of carbonyl (C=O) groups is 4. The Labute approximate surface area is 251 Å². The molecule has 8 nitrogen and oxygen atoms in total. The van der Waals surface area contributed by atoms with Gasteiger partial charge in [0.1, 0.15) is 17.6 Å². The SMILES string of the molecule is Cc1sc(NC(=O)[C@H](CC(=O)O)NC(=O)OCC2c3ccccc3-c3ccccc32)c(C(=O)c2ccc(Cl)cc2)c1C. The van der Waals surface area contributed by atoms with Crippen molar-refractivity contribution < 1.29 is 29.0 Å². The van der Waals surface area contributed by atoms with Crippen molar-refractivity contribution in [2.75, 3.05) is 11.9 Å². The number of rotatable bonds is 9. The van der Waals surface area contributed by atoms with Crippen LogP contribution in [0.3, 0.4) is 0 Å². The number of carbonyl (C=O) groups excluding carboxylic acids is 3. The standard InChI is InChI=1S/C32H27ClN2O6S/c1-17-18(2)42-31(28(17)29(38)19-11-13-20(33)14-12-19)35-30(39)26(15-27(36)37)34-32(40)41-16-25-23-9-5-3-7-21(23)22-8-4-6-10-24(22)25/h3-14,25-26H,15-16H2,1-2H3,(H,34,40)(H,35,39)(H,36,37)/t26-/m0/s1. The zero-order chi connectivity index (χ0) is 30.0. The average molecular weight is 603 g/mol. The number of benzene rings is 3. The number of carboxylic acid groups (broad SMARTS) is 1. The minimum Gasteiger partial charge on any atom is -0.481 e. The summed E-state index contributed by atoms with van der Waals surface area (Å²) in [5, 5.41) is 15.3. The van der Waals surface area contributed by atoms with E-state index < -0.39 is 30.4 Å². The van der Waals surface area contributed by atoms with Gasteiger partial charge in [-0.2, -0.15) is 0 Å². The number of alkyl carbamates (subject to hydrolysis) is 1. The summed E-state index contributed by atoms with van der Waals surface area (Å²) < 4.78 is 5.52. The van der Waals surface area contributed by atoms with E-state index in [0.29, 0.717) is 21.7 Å². The molecular weight excluding hydrogens is 576 g/mol. The maximum Gasteiger partial charge on any atom is 0.407 e. The van der Waals surface area contributed by atoms with Crippen LogP contribution in [-0.4, -0.2) is 41.5 Å². The number of carboxylic acids is 1. The lowest BCUT2D eigenvalue weighted by molar-refractivity contribution is -0.139. The number of fused-ring (bicyclic) bond motifs is 3. The molecule has 0 aliphatic heterocycles. The summed E-state index contributed by atoms with van der Waals surface area (Å²) >= 11 is 7.16.